The fraction of sp³-hybridized carbons (Fsp3) is 0.588. The summed E-state index contributed by atoms with van der Waals surface area (Å²) in [7, 11) is 0. The smallest absolute Gasteiger partial charge is 0.124 e. The van der Waals surface area contributed by atoms with Crippen molar-refractivity contribution in [2.75, 3.05) is 6.54 Å². The van der Waals surface area contributed by atoms with E-state index >= 15 is 0 Å². The Labute approximate surface area is 121 Å². The van der Waals surface area contributed by atoms with Gasteiger partial charge in [-0.1, -0.05) is 37.8 Å². The second-order valence-corrected chi connectivity index (χ2v) is 6.13. The minimum absolute atomic E-state index is 0.297. The Bertz CT molecular complexity index is 505. The molecule has 0 saturated heterocycles. The summed E-state index contributed by atoms with van der Waals surface area (Å²) < 4.78 is 0. The quantitative estimate of drug-likeness (QED) is 0.819. The first-order valence-corrected chi connectivity index (χ1v) is 8.01. The number of hydrogen-bond acceptors (Lipinski definition) is 2. The number of para-hydroxylation sites is 2. The van der Waals surface area contributed by atoms with Crippen molar-refractivity contribution in [1.29, 1.82) is 0 Å². The van der Waals surface area contributed by atoms with Crippen molar-refractivity contribution in [3.8, 4) is 0 Å². The molecule has 1 unspecified atom stereocenters. The van der Waals surface area contributed by atoms with Crippen molar-refractivity contribution >= 4 is 11.0 Å². The van der Waals surface area contributed by atoms with E-state index in [0.29, 0.717) is 6.04 Å². The Morgan fingerprint density at radius 3 is 2.70 bits per heavy atom. The lowest BCUT2D eigenvalue weighted by molar-refractivity contribution is 0.398. The number of H-pyrrole nitrogens is 1. The molecule has 1 aliphatic carbocycles. The van der Waals surface area contributed by atoms with E-state index in [2.05, 4.69) is 34.3 Å². The molecule has 3 heteroatoms. The number of hydrogen-bond donors (Lipinski definition) is 2. The maximum absolute atomic E-state index is 4.68. The summed E-state index contributed by atoms with van der Waals surface area (Å²) in [5, 5.41) is 3.66. The number of imidazole rings is 1. The van der Waals surface area contributed by atoms with Gasteiger partial charge in [-0.25, -0.2) is 4.98 Å². The van der Waals surface area contributed by atoms with Crippen LogP contribution in [0.5, 0.6) is 0 Å². The topological polar surface area (TPSA) is 40.7 Å². The van der Waals surface area contributed by atoms with Crippen LogP contribution in [0.15, 0.2) is 24.3 Å². The predicted octanol–water partition coefficient (Wildman–Crippen LogP) is 4.18. The first-order chi connectivity index (χ1) is 9.83. The number of aromatic nitrogens is 2. The highest BCUT2D eigenvalue weighted by Gasteiger charge is 2.15. The molecule has 0 aliphatic heterocycles. The summed E-state index contributed by atoms with van der Waals surface area (Å²) in [4.78, 5) is 8.10. The van der Waals surface area contributed by atoms with Gasteiger partial charge in [0.2, 0.25) is 0 Å². The third-order valence-electron chi connectivity index (χ3n) is 4.51. The Morgan fingerprint density at radius 2 is 1.95 bits per heavy atom. The zero-order valence-corrected chi connectivity index (χ0v) is 12.4. The van der Waals surface area contributed by atoms with E-state index in [9.17, 15) is 0 Å². The minimum atomic E-state index is 0.297. The molecule has 0 radical (unpaired) electrons. The molecule has 1 aliphatic rings. The molecule has 1 saturated carbocycles. The van der Waals surface area contributed by atoms with E-state index in [1.807, 2.05) is 12.1 Å². The summed E-state index contributed by atoms with van der Waals surface area (Å²) in [5.74, 6) is 1.91. The van der Waals surface area contributed by atoms with Gasteiger partial charge < -0.3 is 10.3 Å². The molecule has 3 nitrogen and oxygen atoms in total. The van der Waals surface area contributed by atoms with Gasteiger partial charge in [-0.05, 0) is 44.4 Å². The van der Waals surface area contributed by atoms with Gasteiger partial charge in [0.1, 0.15) is 5.82 Å². The van der Waals surface area contributed by atoms with Crippen LogP contribution in [0.3, 0.4) is 0 Å². The molecular weight excluding hydrogens is 246 g/mol. The zero-order valence-electron chi connectivity index (χ0n) is 12.4. The van der Waals surface area contributed by atoms with Crippen molar-refractivity contribution < 1.29 is 0 Å². The second-order valence-electron chi connectivity index (χ2n) is 6.13. The molecule has 1 atom stereocenters. The largest absolute Gasteiger partial charge is 0.341 e. The summed E-state index contributed by atoms with van der Waals surface area (Å²) in [5.41, 5.74) is 2.19. The molecule has 1 fully saturated rings. The summed E-state index contributed by atoms with van der Waals surface area (Å²) in [6, 6.07) is 8.53. The van der Waals surface area contributed by atoms with Crippen LogP contribution in [-0.4, -0.2) is 16.5 Å². The van der Waals surface area contributed by atoms with Gasteiger partial charge in [0.25, 0.3) is 0 Å². The zero-order chi connectivity index (χ0) is 13.8. The lowest BCUT2D eigenvalue weighted by Gasteiger charge is -2.18. The molecule has 0 spiro atoms. The fourth-order valence-corrected chi connectivity index (χ4v) is 3.19. The van der Waals surface area contributed by atoms with Crippen molar-refractivity contribution in [2.24, 2.45) is 5.92 Å². The number of rotatable bonds is 4. The Hall–Kier alpha value is -1.35. The fourth-order valence-electron chi connectivity index (χ4n) is 3.19. The third kappa shape index (κ3) is 3.21. The lowest BCUT2D eigenvalue weighted by atomic mass is 10.0. The molecule has 1 heterocycles. The van der Waals surface area contributed by atoms with Gasteiger partial charge in [-0.2, -0.15) is 0 Å². The number of aromatic amines is 1. The van der Waals surface area contributed by atoms with Crippen LogP contribution >= 0.6 is 0 Å². The van der Waals surface area contributed by atoms with E-state index in [1.165, 1.54) is 38.5 Å². The number of benzene rings is 1. The van der Waals surface area contributed by atoms with Gasteiger partial charge in [0.15, 0.2) is 0 Å². The normalized spacial score (nSPS) is 19.1. The monoisotopic (exact) mass is 271 g/mol. The Balaban J connectivity index is 1.59. The van der Waals surface area contributed by atoms with Gasteiger partial charge in [0, 0.05) is 0 Å². The lowest BCUT2D eigenvalue weighted by Crippen LogP contribution is -2.26. The second kappa shape index (κ2) is 6.40. The van der Waals surface area contributed by atoms with Crippen LogP contribution in [-0.2, 0) is 0 Å². The van der Waals surface area contributed by atoms with Gasteiger partial charge in [-0.3, -0.25) is 0 Å². The van der Waals surface area contributed by atoms with Crippen molar-refractivity contribution in [3.05, 3.63) is 30.1 Å². The SMILES string of the molecule is CC(NCC1CCCCCC1)c1nc2ccccc2[nH]1. The van der Waals surface area contributed by atoms with Gasteiger partial charge in [0.05, 0.1) is 17.1 Å². The number of fused-ring (bicyclic) bond motifs is 1. The molecule has 20 heavy (non-hydrogen) atoms. The summed E-state index contributed by atoms with van der Waals surface area (Å²) >= 11 is 0. The Morgan fingerprint density at radius 1 is 1.20 bits per heavy atom. The molecular formula is C17H25N3. The predicted molar refractivity (Wildman–Crippen MR) is 83.7 cm³/mol. The number of nitrogens with zero attached hydrogens (tertiary/aromatic N) is 1. The van der Waals surface area contributed by atoms with Crippen LogP contribution in [0.2, 0.25) is 0 Å². The molecule has 2 N–H and O–H groups in total. The van der Waals surface area contributed by atoms with Crippen LogP contribution in [0.25, 0.3) is 11.0 Å². The van der Waals surface area contributed by atoms with E-state index in [4.69, 9.17) is 0 Å². The first-order valence-electron chi connectivity index (χ1n) is 8.01. The highest BCUT2D eigenvalue weighted by atomic mass is 15.0. The van der Waals surface area contributed by atoms with Crippen molar-refractivity contribution in [2.45, 2.75) is 51.5 Å². The van der Waals surface area contributed by atoms with Crippen LogP contribution < -0.4 is 5.32 Å². The molecule has 1 aromatic carbocycles. The van der Waals surface area contributed by atoms with Crippen LogP contribution in [0.1, 0.15) is 57.3 Å². The standard InChI is InChI=1S/C17H25N3/c1-13(18-12-14-8-4-2-3-5-9-14)17-19-15-10-6-7-11-16(15)20-17/h6-7,10-11,13-14,18H,2-5,8-9,12H2,1H3,(H,19,20). The average molecular weight is 271 g/mol. The maximum Gasteiger partial charge on any atom is 0.124 e. The molecule has 108 valence electrons. The first kappa shape index (κ1) is 13.6. The van der Waals surface area contributed by atoms with Crippen molar-refractivity contribution in [3.63, 3.8) is 0 Å². The van der Waals surface area contributed by atoms with Gasteiger partial charge in [-0.15, -0.1) is 0 Å². The van der Waals surface area contributed by atoms with E-state index in [-0.39, 0.29) is 0 Å². The maximum atomic E-state index is 4.68. The van der Waals surface area contributed by atoms with Crippen LogP contribution in [0.4, 0.5) is 0 Å². The molecule has 0 bridgehead atoms. The highest BCUT2D eigenvalue weighted by Crippen LogP contribution is 2.23. The van der Waals surface area contributed by atoms with E-state index in [0.717, 1.165) is 29.3 Å². The van der Waals surface area contributed by atoms with Crippen LogP contribution in [0, 0.1) is 5.92 Å². The van der Waals surface area contributed by atoms with Crippen molar-refractivity contribution in [1.82, 2.24) is 15.3 Å². The summed E-state index contributed by atoms with van der Waals surface area (Å²) in [6.45, 7) is 3.33. The summed E-state index contributed by atoms with van der Waals surface area (Å²) in [6.07, 6.45) is 8.45. The van der Waals surface area contributed by atoms with E-state index < -0.39 is 0 Å². The highest BCUT2D eigenvalue weighted by molar-refractivity contribution is 5.74. The molecule has 2 aromatic rings. The Kier molecular flexibility index (Phi) is 4.36. The minimum Gasteiger partial charge on any atom is -0.341 e. The molecule has 3 rings (SSSR count). The number of nitrogens with one attached hydrogen (secondary N) is 2. The van der Waals surface area contributed by atoms with Gasteiger partial charge >= 0.3 is 0 Å². The van der Waals surface area contributed by atoms with E-state index in [1.54, 1.807) is 0 Å². The molecule has 0 amide bonds. The third-order valence-corrected chi connectivity index (χ3v) is 4.51. The molecule has 1 aromatic heterocycles. The average Bonchev–Trinajstić information content (AvgIpc) is 2.74.